The predicted molar refractivity (Wildman–Crippen MR) is 72.2 cm³/mol. The minimum absolute atomic E-state index is 0.0287. The van der Waals surface area contributed by atoms with Gasteiger partial charge < -0.3 is 10.1 Å². The fourth-order valence-corrected chi connectivity index (χ4v) is 4.48. The summed E-state index contributed by atoms with van der Waals surface area (Å²) in [6.07, 6.45) is 5.16. The van der Waals surface area contributed by atoms with Gasteiger partial charge in [-0.25, -0.2) is 0 Å². The van der Waals surface area contributed by atoms with Crippen LogP contribution in [0.1, 0.15) is 60.3 Å². The number of ether oxygens (including phenoxy) is 1. The fourth-order valence-electron chi connectivity index (χ4n) is 4.48. The first-order valence-corrected chi connectivity index (χ1v) is 7.06. The first-order chi connectivity index (χ1) is 7.69. The summed E-state index contributed by atoms with van der Waals surface area (Å²) in [4.78, 5) is 0. The quantitative estimate of drug-likeness (QED) is 0.798. The van der Waals surface area contributed by atoms with Gasteiger partial charge in [0.15, 0.2) is 0 Å². The minimum Gasteiger partial charge on any atom is -0.369 e. The molecule has 0 aromatic carbocycles. The van der Waals surface area contributed by atoms with E-state index in [4.69, 9.17) is 4.74 Å². The van der Waals surface area contributed by atoms with E-state index in [0.717, 1.165) is 0 Å². The van der Waals surface area contributed by atoms with Gasteiger partial charge >= 0.3 is 0 Å². The Morgan fingerprint density at radius 3 is 2.12 bits per heavy atom. The van der Waals surface area contributed by atoms with Crippen LogP contribution in [-0.4, -0.2) is 24.3 Å². The SMILES string of the molecule is CNC1CCC(C)(C2CC(C)(C)OC2(C)C)C1. The zero-order chi connectivity index (χ0) is 12.9. The van der Waals surface area contributed by atoms with Crippen molar-refractivity contribution < 1.29 is 4.74 Å². The van der Waals surface area contributed by atoms with Gasteiger partial charge in [-0.3, -0.25) is 0 Å². The lowest BCUT2D eigenvalue weighted by Gasteiger charge is -2.39. The molecule has 2 fully saturated rings. The number of rotatable bonds is 2. The number of hydrogen-bond acceptors (Lipinski definition) is 2. The molecule has 2 nitrogen and oxygen atoms in total. The topological polar surface area (TPSA) is 21.3 Å². The van der Waals surface area contributed by atoms with E-state index in [9.17, 15) is 0 Å². The smallest absolute Gasteiger partial charge is 0.0668 e. The molecule has 1 aliphatic carbocycles. The maximum atomic E-state index is 6.27. The summed E-state index contributed by atoms with van der Waals surface area (Å²) in [6.45, 7) is 11.5. The summed E-state index contributed by atoms with van der Waals surface area (Å²) in [5, 5.41) is 3.45. The molecule has 100 valence electrons. The van der Waals surface area contributed by atoms with Crippen molar-refractivity contribution >= 4 is 0 Å². The van der Waals surface area contributed by atoms with E-state index in [1.54, 1.807) is 0 Å². The number of hydrogen-bond donors (Lipinski definition) is 1. The van der Waals surface area contributed by atoms with Crippen molar-refractivity contribution in [1.29, 1.82) is 0 Å². The summed E-state index contributed by atoms with van der Waals surface area (Å²) in [5.74, 6) is 0.684. The molecule has 2 heteroatoms. The van der Waals surface area contributed by atoms with Crippen LogP contribution in [0.3, 0.4) is 0 Å². The van der Waals surface area contributed by atoms with Crippen LogP contribution in [0.4, 0.5) is 0 Å². The van der Waals surface area contributed by atoms with Gasteiger partial charge in [0, 0.05) is 6.04 Å². The van der Waals surface area contributed by atoms with Crippen LogP contribution in [0.25, 0.3) is 0 Å². The average molecular weight is 239 g/mol. The van der Waals surface area contributed by atoms with E-state index in [1.807, 2.05) is 0 Å². The minimum atomic E-state index is 0.0287. The molecule has 1 N–H and O–H groups in total. The summed E-state index contributed by atoms with van der Waals surface area (Å²) in [5.41, 5.74) is 0.529. The molecule has 17 heavy (non-hydrogen) atoms. The summed E-state index contributed by atoms with van der Waals surface area (Å²) >= 11 is 0. The highest BCUT2D eigenvalue weighted by atomic mass is 16.5. The molecule has 0 bridgehead atoms. The monoisotopic (exact) mass is 239 g/mol. The van der Waals surface area contributed by atoms with Gasteiger partial charge in [-0.1, -0.05) is 6.92 Å². The summed E-state index contributed by atoms with van der Waals surface area (Å²) < 4.78 is 6.27. The standard InChI is InChI=1S/C15H29NO/c1-13(2)10-12(14(3,4)17-13)15(5)8-7-11(9-15)16-6/h11-12,16H,7-10H2,1-6H3. The maximum absolute atomic E-state index is 6.27. The largest absolute Gasteiger partial charge is 0.369 e. The van der Waals surface area contributed by atoms with Gasteiger partial charge in [0.05, 0.1) is 11.2 Å². The summed E-state index contributed by atoms with van der Waals surface area (Å²) in [6, 6.07) is 0.708. The lowest BCUT2D eigenvalue weighted by molar-refractivity contribution is -0.0878. The Morgan fingerprint density at radius 1 is 1.06 bits per heavy atom. The highest BCUT2D eigenvalue weighted by molar-refractivity contribution is 5.05. The van der Waals surface area contributed by atoms with Crippen molar-refractivity contribution in [2.75, 3.05) is 7.05 Å². The zero-order valence-electron chi connectivity index (χ0n) is 12.4. The van der Waals surface area contributed by atoms with Crippen molar-refractivity contribution in [2.45, 2.75) is 77.5 Å². The van der Waals surface area contributed by atoms with E-state index >= 15 is 0 Å². The third kappa shape index (κ3) is 2.39. The molecule has 0 radical (unpaired) electrons. The molecule has 0 aromatic rings. The van der Waals surface area contributed by atoms with Crippen LogP contribution >= 0.6 is 0 Å². The molecular formula is C15H29NO. The van der Waals surface area contributed by atoms with Crippen LogP contribution in [0, 0.1) is 11.3 Å². The normalized spacial score (nSPS) is 44.1. The van der Waals surface area contributed by atoms with Gasteiger partial charge in [-0.15, -0.1) is 0 Å². The molecule has 3 unspecified atom stereocenters. The Labute approximate surface area is 107 Å². The van der Waals surface area contributed by atoms with Crippen molar-refractivity contribution in [1.82, 2.24) is 5.32 Å². The molecule has 1 heterocycles. The van der Waals surface area contributed by atoms with Crippen LogP contribution in [0.5, 0.6) is 0 Å². The van der Waals surface area contributed by atoms with Crippen LogP contribution in [0.15, 0.2) is 0 Å². The second-order valence-corrected chi connectivity index (χ2v) is 7.60. The maximum Gasteiger partial charge on any atom is 0.0668 e. The van der Waals surface area contributed by atoms with Gasteiger partial charge in [-0.2, -0.15) is 0 Å². The highest BCUT2D eigenvalue weighted by Gasteiger charge is 2.55. The molecule has 1 saturated heterocycles. The van der Waals surface area contributed by atoms with Crippen molar-refractivity contribution in [3.05, 3.63) is 0 Å². The molecule has 0 aromatic heterocycles. The van der Waals surface area contributed by atoms with E-state index in [0.29, 0.717) is 17.4 Å². The highest BCUT2D eigenvalue weighted by Crippen LogP contribution is 2.56. The Kier molecular flexibility index (Phi) is 3.11. The van der Waals surface area contributed by atoms with Gasteiger partial charge in [-0.05, 0) is 71.8 Å². The third-order valence-electron chi connectivity index (χ3n) is 5.10. The van der Waals surface area contributed by atoms with Gasteiger partial charge in [0.25, 0.3) is 0 Å². The molecular weight excluding hydrogens is 210 g/mol. The van der Waals surface area contributed by atoms with Crippen LogP contribution < -0.4 is 5.32 Å². The number of nitrogens with one attached hydrogen (secondary N) is 1. The van der Waals surface area contributed by atoms with E-state index in [2.05, 4.69) is 47.0 Å². The average Bonchev–Trinajstić information content (AvgIpc) is 2.65. The Hall–Kier alpha value is -0.0800. The molecule has 1 aliphatic heterocycles. The first kappa shape index (κ1) is 13.4. The second-order valence-electron chi connectivity index (χ2n) is 7.60. The van der Waals surface area contributed by atoms with Crippen molar-refractivity contribution in [3.63, 3.8) is 0 Å². The second kappa shape index (κ2) is 3.96. The fraction of sp³-hybridized carbons (Fsp3) is 1.00. The van der Waals surface area contributed by atoms with Crippen LogP contribution in [0.2, 0.25) is 0 Å². The Morgan fingerprint density at radius 2 is 1.71 bits per heavy atom. The lowest BCUT2D eigenvalue weighted by Crippen LogP contribution is -2.39. The predicted octanol–water partition coefficient (Wildman–Crippen LogP) is 3.36. The van der Waals surface area contributed by atoms with Crippen molar-refractivity contribution in [2.24, 2.45) is 11.3 Å². The van der Waals surface area contributed by atoms with Gasteiger partial charge in [0.2, 0.25) is 0 Å². The Balaban J connectivity index is 2.17. The van der Waals surface area contributed by atoms with E-state index in [-0.39, 0.29) is 11.2 Å². The molecule has 0 spiro atoms. The molecule has 2 rings (SSSR count). The third-order valence-corrected chi connectivity index (χ3v) is 5.10. The van der Waals surface area contributed by atoms with E-state index in [1.165, 1.54) is 25.7 Å². The zero-order valence-corrected chi connectivity index (χ0v) is 12.4. The first-order valence-electron chi connectivity index (χ1n) is 7.06. The van der Waals surface area contributed by atoms with Gasteiger partial charge in [0.1, 0.15) is 0 Å². The summed E-state index contributed by atoms with van der Waals surface area (Å²) in [7, 11) is 2.09. The molecule has 3 atom stereocenters. The molecule has 1 saturated carbocycles. The molecule has 2 aliphatic rings. The Bertz CT molecular complexity index is 297. The van der Waals surface area contributed by atoms with Crippen LogP contribution in [-0.2, 0) is 4.74 Å². The van der Waals surface area contributed by atoms with E-state index < -0.39 is 0 Å². The van der Waals surface area contributed by atoms with Crippen molar-refractivity contribution in [3.8, 4) is 0 Å². The lowest BCUT2D eigenvalue weighted by atomic mass is 9.67. The molecule has 0 amide bonds.